The van der Waals surface area contributed by atoms with Gasteiger partial charge in [0.05, 0.1) is 0 Å². The van der Waals surface area contributed by atoms with E-state index in [0.717, 1.165) is 17.7 Å². The zero-order valence-electron chi connectivity index (χ0n) is 12.7. The summed E-state index contributed by atoms with van der Waals surface area (Å²) in [5.74, 6) is 0. The molecule has 21 heavy (non-hydrogen) atoms. The van der Waals surface area contributed by atoms with Gasteiger partial charge in [-0.15, -0.1) is 0 Å². The minimum Gasteiger partial charge on any atom is -0.372 e. The van der Waals surface area contributed by atoms with Gasteiger partial charge in [0.25, 0.3) is 0 Å². The highest BCUT2D eigenvalue weighted by atomic mass is 15.1. The molecule has 0 atom stereocenters. The SMILES string of the molecule is C=C(C)Cc1ccc(-c2ccc(N3CCCC3)cc2)cn1. The summed E-state index contributed by atoms with van der Waals surface area (Å²) in [7, 11) is 0. The zero-order chi connectivity index (χ0) is 14.7. The monoisotopic (exact) mass is 278 g/mol. The van der Waals surface area contributed by atoms with Crippen LogP contribution in [0.5, 0.6) is 0 Å². The number of hydrogen-bond acceptors (Lipinski definition) is 2. The molecule has 1 aliphatic rings. The Morgan fingerprint density at radius 2 is 1.71 bits per heavy atom. The summed E-state index contributed by atoms with van der Waals surface area (Å²) in [6, 6.07) is 13.1. The average Bonchev–Trinajstić information content (AvgIpc) is 3.02. The van der Waals surface area contributed by atoms with Crippen molar-refractivity contribution in [2.24, 2.45) is 0 Å². The number of nitrogens with zero attached hydrogens (tertiary/aromatic N) is 2. The van der Waals surface area contributed by atoms with Crippen molar-refractivity contribution in [3.63, 3.8) is 0 Å². The van der Waals surface area contributed by atoms with Crippen LogP contribution >= 0.6 is 0 Å². The van der Waals surface area contributed by atoms with E-state index < -0.39 is 0 Å². The molecule has 1 fully saturated rings. The molecule has 2 nitrogen and oxygen atoms in total. The molecule has 0 spiro atoms. The van der Waals surface area contributed by atoms with Crippen LogP contribution in [0.2, 0.25) is 0 Å². The van der Waals surface area contributed by atoms with Crippen molar-refractivity contribution in [1.29, 1.82) is 0 Å². The second-order valence-corrected chi connectivity index (χ2v) is 5.91. The molecule has 0 radical (unpaired) electrons. The summed E-state index contributed by atoms with van der Waals surface area (Å²) in [6.45, 7) is 8.35. The van der Waals surface area contributed by atoms with Crippen molar-refractivity contribution in [1.82, 2.24) is 4.98 Å². The van der Waals surface area contributed by atoms with Gasteiger partial charge in [0.1, 0.15) is 0 Å². The molecule has 1 aromatic heterocycles. The molecule has 0 saturated carbocycles. The molecular weight excluding hydrogens is 256 g/mol. The van der Waals surface area contributed by atoms with E-state index in [-0.39, 0.29) is 0 Å². The number of rotatable bonds is 4. The third-order valence-corrected chi connectivity index (χ3v) is 3.98. The van der Waals surface area contributed by atoms with Crippen molar-refractivity contribution in [2.75, 3.05) is 18.0 Å². The van der Waals surface area contributed by atoms with Crippen LogP contribution in [0.1, 0.15) is 25.5 Å². The molecular formula is C19H22N2. The molecule has 0 amide bonds. The van der Waals surface area contributed by atoms with Crippen LogP contribution in [0.3, 0.4) is 0 Å². The normalized spacial score (nSPS) is 14.4. The number of allylic oxidation sites excluding steroid dienone is 1. The van der Waals surface area contributed by atoms with Crippen LogP contribution < -0.4 is 4.90 Å². The van der Waals surface area contributed by atoms with Gasteiger partial charge in [-0.25, -0.2) is 0 Å². The number of aromatic nitrogens is 1. The Hall–Kier alpha value is -2.09. The molecule has 0 N–H and O–H groups in total. The van der Waals surface area contributed by atoms with Crippen LogP contribution in [-0.4, -0.2) is 18.1 Å². The summed E-state index contributed by atoms with van der Waals surface area (Å²) in [4.78, 5) is 6.98. The molecule has 2 aromatic rings. The van der Waals surface area contributed by atoms with Crippen LogP contribution in [0.15, 0.2) is 54.7 Å². The summed E-state index contributed by atoms with van der Waals surface area (Å²) in [5, 5.41) is 0. The highest BCUT2D eigenvalue weighted by molar-refractivity contribution is 5.65. The van der Waals surface area contributed by atoms with Crippen molar-refractivity contribution < 1.29 is 0 Å². The summed E-state index contributed by atoms with van der Waals surface area (Å²) in [5.41, 5.74) is 5.97. The zero-order valence-corrected chi connectivity index (χ0v) is 12.7. The topological polar surface area (TPSA) is 16.1 Å². The van der Waals surface area contributed by atoms with Gasteiger partial charge in [-0.2, -0.15) is 0 Å². The Kier molecular flexibility index (Phi) is 4.05. The van der Waals surface area contributed by atoms with Gasteiger partial charge < -0.3 is 4.90 Å². The van der Waals surface area contributed by atoms with Crippen molar-refractivity contribution >= 4 is 5.69 Å². The average molecular weight is 278 g/mol. The molecule has 2 heterocycles. The lowest BCUT2D eigenvalue weighted by Gasteiger charge is -2.17. The molecule has 1 saturated heterocycles. The lowest BCUT2D eigenvalue weighted by molar-refractivity contribution is 0.949. The minimum atomic E-state index is 0.855. The Bertz CT molecular complexity index is 605. The first kappa shape index (κ1) is 13.9. The highest BCUT2D eigenvalue weighted by Gasteiger charge is 2.11. The number of pyridine rings is 1. The van der Waals surface area contributed by atoms with Crippen LogP contribution in [0.4, 0.5) is 5.69 Å². The van der Waals surface area contributed by atoms with Gasteiger partial charge in [-0.05, 0) is 43.5 Å². The van der Waals surface area contributed by atoms with E-state index in [1.807, 2.05) is 13.1 Å². The van der Waals surface area contributed by atoms with Crippen LogP contribution in [0, 0.1) is 0 Å². The summed E-state index contributed by atoms with van der Waals surface area (Å²) < 4.78 is 0. The molecule has 108 valence electrons. The fraction of sp³-hybridized carbons (Fsp3) is 0.316. The van der Waals surface area contributed by atoms with E-state index in [2.05, 4.69) is 52.9 Å². The molecule has 2 heteroatoms. The highest BCUT2D eigenvalue weighted by Crippen LogP contribution is 2.25. The predicted octanol–water partition coefficient (Wildman–Crippen LogP) is 4.47. The smallest absolute Gasteiger partial charge is 0.0444 e. The Labute approximate surface area is 127 Å². The fourth-order valence-electron chi connectivity index (χ4n) is 2.85. The standard InChI is InChI=1S/C19H22N2/c1-15(2)13-18-8-5-17(14-20-18)16-6-9-19(10-7-16)21-11-3-4-12-21/h5-10,14H,1,3-4,11-13H2,2H3. The van der Waals surface area contributed by atoms with E-state index >= 15 is 0 Å². The first-order valence-electron chi connectivity index (χ1n) is 7.67. The first-order chi connectivity index (χ1) is 10.2. The van der Waals surface area contributed by atoms with E-state index in [9.17, 15) is 0 Å². The van der Waals surface area contributed by atoms with Crippen molar-refractivity contribution in [3.8, 4) is 11.1 Å². The summed E-state index contributed by atoms with van der Waals surface area (Å²) in [6.07, 6.45) is 5.45. The molecule has 0 bridgehead atoms. The molecule has 0 aliphatic carbocycles. The van der Waals surface area contributed by atoms with Gasteiger partial charge >= 0.3 is 0 Å². The van der Waals surface area contributed by atoms with Gasteiger partial charge in [-0.1, -0.05) is 30.4 Å². The number of benzene rings is 1. The van der Waals surface area contributed by atoms with E-state index in [0.29, 0.717) is 0 Å². The third kappa shape index (κ3) is 3.33. The third-order valence-electron chi connectivity index (χ3n) is 3.98. The molecule has 0 unspecified atom stereocenters. The molecule has 3 rings (SSSR count). The van der Waals surface area contributed by atoms with Gasteiger partial charge in [0.15, 0.2) is 0 Å². The summed E-state index contributed by atoms with van der Waals surface area (Å²) >= 11 is 0. The van der Waals surface area contributed by atoms with E-state index in [1.54, 1.807) is 0 Å². The Balaban J connectivity index is 1.75. The van der Waals surface area contributed by atoms with Crippen LogP contribution in [-0.2, 0) is 6.42 Å². The first-order valence-corrected chi connectivity index (χ1v) is 7.67. The fourth-order valence-corrected chi connectivity index (χ4v) is 2.85. The second kappa shape index (κ2) is 6.13. The number of hydrogen-bond donors (Lipinski definition) is 0. The largest absolute Gasteiger partial charge is 0.372 e. The lowest BCUT2D eigenvalue weighted by atomic mass is 10.1. The minimum absolute atomic E-state index is 0.855. The van der Waals surface area contributed by atoms with Crippen molar-refractivity contribution in [3.05, 3.63) is 60.4 Å². The van der Waals surface area contributed by atoms with Gasteiger partial charge in [-0.3, -0.25) is 4.98 Å². The number of anilines is 1. The maximum absolute atomic E-state index is 4.52. The quantitative estimate of drug-likeness (QED) is 0.767. The maximum atomic E-state index is 4.52. The predicted molar refractivity (Wildman–Crippen MR) is 89.6 cm³/mol. The Morgan fingerprint density at radius 3 is 2.29 bits per heavy atom. The van der Waals surface area contributed by atoms with Crippen LogP contribution in [0.25, 0.3) is 11.1 Å². The maximum Gasteiger partial charge on any atom is 0.0444 e. The van der Waals surface area contributed by atoms with Gasteiger partial charge in [0.2, 0.25) is 0 Å². The molecule has 1 aliphatic heterocycles. The Morgan fingerprint density at radius 1 is 1.05 bits per heavy atom. The molecule has 1 aromatic carbocycles. The van der Waals surface area contributed by atoms with Gasteiger partial charge in [0, 0.05) is 42.7 Å². The lowest BCUT2D eigenvalue weighted by Crippen LogP contribution is -2.17. The second-order valence-electron chi connectivity index (χ2n) is 5.91. The van der Waals surface area contributed by atoms with E-state index in [1.165, 1.54) is 42.7 Å². The van der Waals surface area contributed by atoms with E-state index in [4.69, 9.17) is 0 Å². The van der Waals surface area contributed by atoms with Crippen molar-refractivity contribution in [2.45, 2.75) is 26.2 Å².